The summed E-state index contributed by atoms with van der Waals surface area (Å²) in [4.78, 5) is 0. The molecule has 1 heterocycles. The molecule has 0 aliphatic heterocycles. The Morgan fingerprint density at radius 2 is 2.12 bits per heavy atom. The van der Waals surface area contributed by atoms with Gasteiger partial charge in [-0.25, -0.2) is 0 Å². The van der Waals surface area contributed by atoms with Crippen LogP contribution in [0.25, 0.3) is 0 Å². The van der Waals surface area contributed by atoms with E-state index in [1.165, 1.54) is 0 Å². The molecule has 5 heteroatoms. The smallest absolute Gasteiger partial charge is 0.258 e. The average molecular weight is 352 g/mol. The van der Waals surface area contributed by atoms with Crippen molar-refractivity contribution in [3.8, 4) is 0 Å². The molecule has 0 bridgehead atoms. The van der Waals surface area contributed by atoms with Gasteiger partial charge in [0.1, 0.15) is 5.69 Å². The van der Waals surface area contributed by atoms with Crippen LogP contribution in [0.1, 0.15) is 50.1 Å². The van der Waals surface area contributed by atoms with Crippen LogP contribution in [-0.2, 0) is 15.9 Å². The van der Waals surface area contributed by atoms with Gasteiger partial charge in [0.15, 0.2) is 0 Å². The maximum absolute atomic E-state index is 14.2. The molecule has 17 heavy (non-hydrogen) atoms. The van der Waals surface area contributed by atoms with Crippen LogP contribution in [0.15, 0.2) is 0 Å². The SMILES string of the molecule is CC(C)(C)n1nc(CI)c2c1C(F)(F)[C@@H]1C[C@H]21. The zero-order valence-corrected chi connectivity index (χ0v) is 12.3. The molecule has 0 saturated heterocycles. The van der Waals surface area contributed by atoms with Gasteiger partial charge in [-0.2, -0.15) is 13.9 Å². The highest BCUT2D eigenvalue weighted by atomic mass is 127. The molecule has 0 spiro atoms. The summed E-state index contributed by atoms with van der Waals surface area (Å²) >= 11 is 2.21. The van der Waals surface area contributed by atoms with Gasteiger partial charge in [0.2, 0.25) is 0 Å². The Bertz CT molecular complexity index is 487. The van der Waals surface area contributed by atoms with Crippen LogP contribution in [-0.4, -0.2) is 9.78 Å². The number of rotatable bonds is 1. The molecule has 0 radical (unpaired) electrons. The fourth-order valence-corrected chi connectivity index (χ4v) is 3.42. The molecular weight excluding hydrogens is 337 g/mol. The first-order valence-electron chi connectivity index (χ1n) is 5.85. The number of alkyl halides is 3. The van der Waals surface area contributed by atoms with Gasteiger partial charge in [0, 0.05) is 15.9 Å². The van der Waals surface area contributed by atoms with Gasteiger partial charge >= 0.3 is 0 Å². The van der Waals surface area contributed by atoms with E-state index in [9.17, 15) is 8.78 Å². The van der Waals surface area contributed by atoms with E-state index in [4.69, 9.17) is 0 Å². The minimum atomic E-state index is -2.68. The van der Waals surface area contributed by atoms with Crippen LogP contribution < -0.4 is 0 Å². The predicted octanol–water partition coefficient (Wildman–Crippen LogP) is 3.78. The number of fused-ring (bicyclic) bond motifs is 3. The molecule has 1 aromatic heterocycles. The average Bonchev–Trinajstić information content (AvgIpc) is 2.83. The van der Waals surface area contributed by atoms with Gasteiger partial charge in [-0.3, -0.25) is 4.68 Å². The number of hydrogen-bond donors (Lipinski definition) is 0. The van der Waals surface area contributed by atoms with Crippen molar-refractivity contribution in [1.29, 1.82) is 0 Å². The van der Waals surface area contributed by atoms with Crippen molar-refractivity contribution >= 4 is 22.6 Å². The topological polar surface area (TPSA) is 17.8 Å². The molecule has 2 aliphatic rings. The largest absolute Gasteiger partial charge is 0.293 e. The van der Waals surface area contributed by atoms with Gasteiger partial charge in [-0.1, -0.05) is 22.6 Å². The van der Waals surface area contributed by atoms with E-state index in [1.807, 2.05) is 20.8 Å². The van der Waals surface area contributed by atoms with E-state index in [0.717, 1.165) is 11.3 Å². The van der Waals surface area contributed by atoms with Crippen molar-refractivity contribution in [3.05, 3.63) is 17.0 Å². The lowest BCUT2D eigenvalue weighted by Gasteiger charge is -2.25. The van der Waals surface area contributed by atoms with Crippen LogP contribution in [0.4, 0.5) is 8.78 Å². The number of halogens is 3. The summed E-state index contributed by atoms with van der Waals surface area (Å²) < 4.78 is 30.8. The molecule has 1 fully saturated rings. The summed E-state index contributed by atoms with van der Waals surface area (Å²) in [5.74, 6) is -3.06. The van der Waals surface area contributed by atoms with E-state index in [2.05, 4.69) is 27.7 Å². The molecule has 2 aliphatic carbocycles. The maximum Gasteiger partial charge on any atom is 0.293 e. The molecule has 0 unspecified atom stereocenters. The second-order valence-corrected chi connectivity index (χ2v) is 6.76. The summed E-state index contributed by atoms with van der Waals surface area (Å²) in [5.41, 5.74) is 1.52. The highest BCUT2D eigenvalue weighted by molar-refractivity contribution is 14.1. The predicted molar refractivity (Wildman–Crippen MR) is 69.7 cm³/mol. The number of hydrogen-bond acceptors (Lipinski definition) is 1. The van der Waals surface area contributed by atoms with Crippen LogP contribution in [0, 0.1) is 5.92 Å². The first-order valence-corrected chi connectivity index (χ1v) is 7.37. The molecule has 3 rings (SSSR count). The number of aromatic nitrogens is 2. The van der Waals surface area contributed by atoms with E-state index in [-0.39, 0.29) is 17.2 Å². The summed E-state index contributed by atoms with van der Waals surface area (Å²) in [6.07, 6.45) is 0.638. The lowest BCUT2D eigenvalue weighted by molar-refractivity contribution is -0.0342. The zero-order valence-electron chi connectivity index (χ0n) is 10.1. The van der Waals surface area contributed by atoms with Gasteiger partial charge in [0.25, 0.3) is 5.92 Å². The minimum Gasteiger partial charge on any atom is -0.258 e. The van der Waals surface area contributed by atoms with Gasteiger partial charge in [-0.05, 0) is 33.1 Å². The van der Waals surface area contributed by atoms with E-state index in [1.54, 1.807) is 4.68 Å². The fraction of sp³-hybridized carbons (Fsp3) is 0.750. The van der Waals surface area contributed by atoms with Crippen molar-refractivity contribution in [2.75, 3.05) is 0 Å². The third-order valence-electron chi connectivity index (χ3n) is 3.70. The summed E-state index contributed by atoms with van der Waals surface area (Å²) in [6.45, 7) is 5.78. The molecule has 94 valence electrons. The Balaban J connectivity index is 2.25. The highest BCUT2D eigenvalue weighted by Crippen LogP contribution is 2.68. The Morgan fingerprint density at radius 3 is 2.65 bits per heavy atom. The van der Waals surface area contributed by atoms with E-state index >= 15 is 0 Å². The van der Waals surface area contributed by atoms with Crippen molar-refractivity contribution < 1.29 is 8.78 Å². The highest BCUT2D eigenvalue weighted by Gasteiger charge is 2.66. The van der Waals surface area contributed by atoms with Crippen LogP contribution in [0.5, 0.6) is 0 Å². The molecular formula is C12H15F2IN2. The fourth-order valence-electron chi connectivity index (χ4n) is 2.86. The van der Waals surface area contributed by atoms with Crippen molar-refractivity contribution in [2.45, 2.75) is 49.0 Å². The van der Waals surface area contributed by atoms with Gasteiger partial charge < -0.3 is 0 Å². The maximum atomic E-state index is 14.2. The first-order chi connectivity index (χ1) is 7.78. The second-order valence-electron chi connectivity index (χ2n) is 6.00. The quantitative estimate of drug-likeness (QED) is 0.556. The van der Waals surface area contributed by atoms with Gasteiger partial charge in [0.05, 0.1) is 11.2 Å². The van der Waals surface area contributed by atoms with Crippen LogP contribution in [0.3, 0.4) is 0 Å². The third-order valence-corrected chi connectivity index (χ3v) is 4.43. The van der Waals surface area contributed by atoms with Crippen molar-refractivity contribution in [1.82, 2.24) is 9.78 Å². The molecule has 0 aromatic carbocycles. The molecule has 0 amide bonds. The molecule has 2 nitrogen and oxygen atoms in total. The zero-order chi connectivity index (χ0) is 12.6. The summed E-state index contributed by atoms with van der Waals surface area (Å²) in [5, 5.41) is 4.42. The lowest BCUT2D eigenvalue weighted by atomic mass is 10.1. The van der Waals surface area contributed by atoms with E-state index < -0.39 is 11.8 Å². The normalized spacial score (nSPS) is 29.1. The minimum absolute atomic E-state index is 0.0702. The standard InChI is InChI=1S/C12H15F2IN2/c1-11(2,3)17-10-9(8(5-15)16-17)6-4-7(6)12(10,13)14/h6-7H,4-5H2,1-3H3/t6-,7+/m0/s1. The van der Waals surface area contributed by atoms with E-state index in [0.29, 0.717) is 10.8 Å². The molecule has 2 atom stereocenters. The first kappa shape index (κ1) is 11.9. The van der Waals surface area contributed by atoms with Gasteiger partial charge in [-0.15, -0.1) is 0 Å². The Kier molecular flexibility index (Phi) is 2.25. The Morgan fingerprint density at radius 1 is 1.47 bits per heavy atom. The lowest BCUT2D eigenvalue weighted by Crippen LogP contribution is -2.30. The number of nitrogens with zero attached hydrogens (tertiary/aromatic N) is 2. The van der Waals surface area contributed by atoms with Crippen molar-refractivity contribution in [3.63, 3.8) is 0 Å². The molecule has 0 N–H and O–H groups in total. The summed E-state index contributed by atoms with van der Waals surface area (Å²) in [6, 6.07) is 0. The van der Waals surface area contributed by atoms with Crippen LogP contribution in [0.2, 0.25) is 0 Å². The monoisotopic (exact) mass is 352 g/mol. The Hall–Kier alpha value is -0.200. The molecule has 1 saturated carbocycles. The second kappa shape index (κ2) is 3.22. The molecule has 1 aromatic rings. The van der Waals surface area contributed by atoms with Crippen LogP contribution >= 0.6 is 22.6 Å². The summed E-state index contributed by atoms with van der Waals surface area (Å²) in [7, 11) is 0. The van der Waals surface area contributed by atoms with Crippen molar-refractivity contribution in [2.24, 2.45) is 5.92 Å². The Labute approximate surface area is 113 Å². The third kappa shape index (κ3) is 1.43.